The normalized spacial score (nSPS) is 10.3. The van der Waals surface area contributed by atoms with Crippen LogP contribution in [-0.4, -0.2) is 98.3 Å². The molecular formula is C73H94N8O10. The van der Waals surface area contributed by atoms with E-state index in [1.165, 1.54) is 17.9 Å². The zero-order valence-electron chi connectivity index (χ0n) is 55.5. The fraction of sp³-hybridized carbons (Fsp3) is 0.315. The van der Waals surface area contributed by atoms with Gasteiger partial charge in [0.25, 0.3) is 41.4 Å². The zero-order chi connectivity index (χ0) is 68.2. The van der Waals surface area contributed by atoms with Crippen molar-refractivity contribution in [1.82, 2.24) is 42.2 Å². The highest BCUT2D eigenvalue weighted by Gasteiger charge is 2.17. The summed E-state index contributed by atoms with van der Waals surface area (Å²) in [5.41, 5.74) is 4.33. The molecule has 0 radical (unpaired) electrons. The molecule has 8 rings (SSSR count). The average Bonchev–Trinajstić information content (AvgIpc) is 1.78. The summed E-state index contributed by atoms with van der Waals surface area (Å²) in [6.45, 7) is 30.8. The van der Waals surface area contributed by atoms with E-state index in [9.17, 15) is 43.8 Å². The lowest BCUT2D eigenvalue weighted by atomic mass is 10.1. The number of hydrogen-bond donors (Lipinski definition) is 9. The Labute approximate surface area is 537 Å². The predicted octanol–water partition coefficient (Wildman–Crippen LogP) is 13.0. The second kappa shape index (κ2) is 40.4. The van der Waals surface area contributed by atoms with Crippen molar-refractivity contribution in [2.75, 3.05) is 0 Å². The maximum atomic E-state index is 11.8. The number of aryl methyl sites for hydroxylation is 1. The van der Waals surface area contributed by atoms with Crippen LogP contribution in [0, 0.1) is 6.92 Å². The van der Waals surface area contributed by atoms with Crippen molar-refractivity contribution in [2.45, 2.75) is 153 Å². The fourth-order valence-electron chi connectivity index (χ4n) is 7.33. The van der Waals surface area contributed by atoms with E-state index in [1.807, 2.05) is 196 Å². The van der Waals surface area contributed by atoms with E-state index >= 15 is 0 Å². The number of para-hydroxylation sites is 1. The number of rotatable bonds is 13. The molecule has 7 amide bonds. The van der Waals surface area contributed by atoms with Gasteiger partial charge in [0.2, 0.25) is 0 Å². The van der Waals surface area contributed by atoms with Crippen LogP contribution in [0.1, 0.15) is 182 Å². The molecule has 0 aliphatic heterocycles. The Hall–Kier alpha value is -10.1. The molecule has 9 N–H and O–H groups in total. The molecule has 0 bridgehead atoms. The molecule has 0 unspecified atom stereocenters. The van der Waals surface area contributed by atoms with Gasteiger partial charge < -0.3 is 51.8 Å². The molecule has 0 spiro atoms. The van der Waals surface area contributed by atoms with Crippen molar-refractivity contribution in [1.29, 1.82) is 0 Å². The Morgan fingerprint density at radius 1 is 0.385 bits per heavy atom. The Kier molecular flexibility index (Phi) is 34.2. The lowest BCUT2D eigenvalue weighted by Crippen LogP contribution is -2.40. The van der Waals surface area contributed by atoms with Crippen molar-refractivity contribution < 1.29 is 48.2 Å². The first-order chi connectivity index (χ1) is 42.9. The molecule has 0 fully saturated rings. The van der Waals surface area contributed by atoms with Crippen molar-refractivity contribution in [3.63, 3.8) is 0 Å². The number of phenols is 2. The number of nitrogens with zero attached hydrogens (tertiary/aromatic N) is 1. The molecule has 8 aromatic rings. The van der Waals surface area contributed by atoms with E-state index < -0.39 is 0 Å². The summed E-state index contributed by atoms with van der Waals surface area (Å²) in [6, 6.07) is 51.1. The van der Waals surface area contributed by atoms with E-state index in [0.717, 1.165) is 16.3 Å². The number of benzene rings is 6. The standard InChI is InChI=1S/C14H15NO2.C11H15NO.C10H13NO2.2C10H13NO.C9H12N2O.C9H13NO2/c1-9(2)15-14(17)12-7-10-5-3-4-6-11(10)8-13(12)16;1-8(2)12-11(13)10-6-4-9(3)5-7-10;1-7(2)11-10(13)8-5-3-4-6-9(8)12;2*1-8(2)11-10(12)9-6-4-3-5-7-9;1-7(2)11-9(12)8-4-3-5-10-6-8;1-9(2,3)10-8(11)7-5-4-6-12-7/h3-9,16H,1-2H3,(H,15,17);4-8H,1-3H3,(H,12,13);3-7,12H,1-2H3,(H,11,13);2*3-8H,1-2H3,(H,11,12);3-7H,1-2H3,(H,11,12);4-6H,1-3H3,(H,10,11). The van der Waals surface area contributed by atoms with Crippen molar-refractivity contribution in [3.05, 3.63) is 233 Å². The molecule has 486 valence electrons. The third-order valence-corrected chi connectivity index (χ3v) is 11.3. The molecule has 18 nitrogen and oxygen atoms in total. The van der Waals surface area contributed by atoms with Crippen molar-refractivity contribution >= 4 is 52.1 Å². The van der Waals surface area contributed by atoms with E-state index in [2.05, 4.69) is 42.2 Å². The third-order valence-electron chi connectivity index (χ3n) is 11.3. The van der Waals surface area contributed by atoms with Crippen LogP contribution in [0.15, 0.2) is 193 Å². The number of fused-ring (bicyclic) bond motifs is 1. The van der Waals surface area contributed by atoms with Gasteiger partial charge in [-0.1, -0.05) is 90.5 Å². The molecule has 6 aromatic carbocycles. The van der Waals surface area contributed by atoms with Gasteiger partial charge in [-0.15, -0.1) is 0 Å². The minimum absolute atomic E-state index is 0.00463. The van der Waals surface area contributed by atoms with Crippen LogP contribution in [0.2, 0.25) is 0 Å². The highest BCUT2D eigenvalue weighted by Crippen LogP contribution is 2.25. The number of amides is 7. The summed E-state index contributed by atoms with van der Waals surface area (Å²) in [5.74, 6) is -0.374. The van der Waals surface area contributed by atoms with Gasteiger partial charge in [-0.05, 0) is 206 Å². The molecule has 0 aliphatic carbocycles. The van der Waals surface area contributed by atoms with Gasteiger partial charge in [-0.2, -0.15) is 0 Å². The average molecular weight is 1240 g/mol. The van der Waals surface area contributed by atoms with Crippen LogP contribution in [0.5, 0.6) is 11.5 Å². The summed E-state index contributed by atoms with van der Waals surface area (Å²) in [5, 5.41) is 40.5. The molecule has 2 aromatic heterocycles. The Morgan fingerprint density at radius 2 is 0.758 bits per heavy atom. The molecule has 0 aliphatic rings. The van der Waals surface area contributed by atoms with Gasteiger partial charge in [-0.25, -0.2) is 0 Å². The van der Waals surface area contributed by atoms with Crippen LogP contribution in [0.3, 0.4) is 0 Å². The first-order valence-electron chi connectivity index (χ1n) is 30.1. The number of furan rings is 1. The Morgan fingerprint density at radius 3 is 1.15 bits per heavy atom. The summed E-state index contributed by atoms with van der Waals surface area (Å²) in [6.07, 6.45) is 4.68. The second-order valence-electron chi connectivity index (χ2n) is 23.5. The van der Waals surface area contributed by atoms with E-state index in [1.54, 1.807) is 91.3 Å². The molecule has 0 atom stereocenters. The quantitative estimate of drug-likeness (QED) is 0.0524. The molecule has 18 heteroatoms. The first kappa shape index (κ1) is 77.0. The highest BCUT2D eigenvalue weighted by molar-refractivity contribution is 6.02. The van der Waals surface area contributed by atoms with Gasteiger partial charge in [0, 0.05) is 70.9 Å². The SMILES string of the molecule is CC(C)(C)NC(=O)c1ccco1.CC(C)NC(=O)c1cc2ccccc2cc1O.CC(C)NC(=O)c1ccccc1.CC(C)NC(=O)c1ccccc1.CC(C)NC(=O)c1ccccc1O.CC(C)NC(=O)c1cccnc1.Cc1ccc(C(=O)NC(C)C)cc1. The van der Waals surface area contributed by atoms with Crippen LogP contribution in [0.25, 0.3) is 10.8 Å². The number of hydrogen-bond acceptors (Lipinski definition) is 11. The molecule has 2 heterocycles. The first-order valence-corrected chi connectivity index (χ1v) is 30.1. The van der Waals surface area contributed by atoms with Crippen LogP contribution >= 0.6 is 0 Å². The van der Waals surface area contributed by atoms with Gasteiger partial charge in [0.15, 0.2) is 5.76 Å². The Bertz CT molecular complexity index is 3320. The summed E-state index contributed by atoms with van der Waals surface area (Å²) >= 11 is 0. The van der Waals surface area contributed by atoms with Crippen LogP contribution in [0.4, 0.5) is 0 Å². The maximum Gasteiger partial charge on any atom is 0.287 e. The fourth-order valence-corrected chi connectivity index (χ4v) is 7.33. The number of phenolic OH excluding ortho intramolecular Hbond substituents is 2. The smallest absolute Gasteiger partial charge is 0.287 e. The summed E-state index contributed by atoms with van der Waals surface area (Å²) in [4.78, 5) is 83.9. The lowest BCUT2D eigenvalue weighted by molar-refractivity contribution is 0.0886. The molecular weight excluding hydrogens is 1150 g/mol. The Balaban J connectivity index is 0.000000363. The van der Waals surface area contributed by atoms with Crippen molar-refractivity contribution in [3.8, 4) is 11.5 Å². The van der Waals surface area contributed by atoms with Gasteiger partial charge in [0.1, 0.15) is 11.5 Å². The monoisotopic (exact) mass is 1240 g/mol. The number of aromatic nitrogens is 1. The predicted molar refractivity (Wildman–Crippen MR) is 364 cm³/mol. The number of aromatic hydroxyl groups is 2. The van der Waals surface area contributed by atoms with E-state index in [0.29, 0.717) is 33.6 Å². The van der Waals surface area contributed by atoms with Gasteiger partial charge in [-0.3, -0.25) is 38.5 Å². The van der Waals surface area contributed by atoms with Crippen LogP contribution < -0.4 is 37.2 Å². The molecule has 91 heavy (non-hydrogen) atoms. The maximum absolute atomic E-state index is 11.8. The van der Waals surface area contributed by atoms with E-state index in [-0.39, 0.29) is 94.6 Å². The minimum atomic E-state index is -0.247. The highest BCUT2D eigenvalue weighted by atomic mass is 16.3. The van der Waals surface area contributed by atoms with Gasteiger partial charge in [0.05, 0.1) is 23.0 Å². The number of carbonyl (C=O) groups is 7. The second-order valence-corrected chi connectivity index (χ2v) is 23.5. The lowest BCUT2D eigenvalue weighted by Gasteiger charge is -2.19. The number of pyridine rings is 1. The van der Waals surface area contributed by atoms with Crippen LogP contribution in [-0.2, 0) is 0 Å². The summed E-state index contributed by atoms with van der Waals surface area (Å²) < 4.78 is 4.93. The largest absolute Gasteiger partial charge is 0.507 e. The van der Waals surface area contributed by atoms with Gasteiger partial charge >= 0.3 is 0 Å². The van der Waals surface area contributed by atoms with E-state index in [4.69, 9.17) is 4.42 Å². The zero-order valence-corrected chi connectivity index (χ0v) is 55.5. The number of nitrogens with one attached hydrogen (secondary N) is 7. The minimum Gasteiger partial charge on any atom is -0.507 e. The molecule has 0 saturated heterocycles. The van der Waals surface area contributed by atoms with Crippen molar-refractivity contribution in [2.24, 2.45) is 0 Å². The third kappa shape index (κ3) is 32.6. The topological polar surface area (TPSA) is 270 Å². The number of carbonyl (C=O) groups excluding carboxylic acids is 7. The summed E-state index contributed by atoms with van der Waals surface area (Å²) in [7, 11) is 0. The molecule has 0 saturated carbocycles.